The molecule has 6 nitrogen and oxygen atoms in total. The Morgan fingerprint density at radius 3 is 2.40 bits per heavy atom. The molecule has 2 unspecified atom stereocenters. The lowest BCUT2D eigenvalue weighted by atomic mass is 9.47. The number of hydrogen-bond acceptors (Lipinski definition) is 5. The number of Topliss-reactive ketones (excluding diaryl/α,β-unsaturated/α-hetero) is 2. The summed E-state index contributed by atoms with van der Waals surface area (Å²) in [7, 11) is 0. The number of aliphatic hydroxyl groups is 2. The normalized spacial score (nSPS) is 42.7. The number of carboxylic acids is 1. The molecule has 0 aromatic carbocycles. The standard InChI is InChI=1S/C29H42O6/c1-15(17(3)26(33)34)7-8-16(2)18-9-10-19-24-20(30)13-22-27(4,12-11-23(32)29(22,6)35)25(24)21(31)14-28(18,19)5/h16-19,22-23,32,35H,1,7-14H2,2-6H3,(H,33,34)/t16-,17?,18-,19+,22?,23+,27+,28-,29-/m1/s1. The molecule has 0 spiro atoms. The first-order valence-electron chi connectivity index (χ1n) is 13.3. The van der Waals surface area contributed by atoms with Gasteiger partial charge in [-0.1, -0.05) is 32.9 Å². The van der Waals surface area contributed by atoms with E-state index in [4.69, 9.17) is 0 Å². The van der Waals surface area contributed by atoms with E-state index in [1.54, 1.807) is 13.8 Å². The van der Waals surface area contributed by atoms with Crippen molar-refractivity contribution in [2.75, 3.05) is 0 Å². The molecule has 0 radical (unpaired) electrons. The van der Waals surface area contributed by atoms with E-state index in [1.165, 1.54) is 0 Å². The molecule has 0 aromatic heterocycles. The molecule has 4 aliphatic carbocycles. The zero-order chi connectivity index (χ0) is 26.1. The first-order chi connectivity index (χ1) is 16.2. The fourth-order valence-electron chi connectivity index (χ4n) is 8.46. The highest BCUT2D eigenvalue weighted by Crippen LogP contribution is 2.65. The van der Waals surface area contributed by atoms with Crippen molar-refractivity contribution in [1.82, 2.24) is 0 Å². The van der Waals surface area contributed by atoms with E-state index in [-0.39, 0.29) is 41.2 Å². The maximum atomic E-state index is 13.8. The fourth-order valence-corrected chi connectivity index (χ4v) is 8.46. The third-order valence-corrected chi connectivity index (χ3v) is 10.8. The number of aliphatic hydroxyl groups excluding tert-OH is 1. The smallest absolute Gasteiger partial charge is 0.310 e. The molecular formula is C29H42O6. The van der Waals surface area contributed by atoms with Crippen molar-refractivity contribution >= 4 is 17.5 Å². The van der Waals surface area contributed by atoms with Gasteiger partial charge >= 0.3 is 5.97 Å². The highest BCUT2D eigenvalue weighted by atomic mass is 16.4. The predicted octanol–water partition coefficient (Wildman–Crippen LogP) is 4.48. The lowest BCUT2D eigenvalue weighted by molar-refractivity contribution is -0.170. The van der Waals surface area contributed by atoms with Crippen LogP contribution >= 0.6 is 0 Å². The van der Waals surface area contributed by atoms with Crippen LogP contribution in [0.25, 0.3) is 0 Å². The summed E-state index contributed by atoms with van der Waals surface area (Å²) >= 11 is 0. The summed E-state index contributed by atoms with van der Waals surface area (Å²) in [5, 5.41) is 30.9. The molecule has 2 saturated carbocycles. The summed E-state index contributed by atoms with van der Waals surface area (Å²) in [4.78, 5) is 38.8. The van der Waals surface area contributed by atoms with Crippen molar-refractivity contribution in [3.63, 3.8) is 0 Å². The van der Waals surface area contributed by atoms with E-state index in [1.807, 2.05) is 6.92 Å². The van der Waals surface area contributed by atoms with E-state index in [0.717, 1.165) is 24.8 Å². The second-order valence-electron chi connectivity index (χ2n) is 12.7. The minimum absolute atomic E-state index is 0.0295. The topological polar surface area (TPSA) is 112 Å². The van der Waals surface area contributed by atoms with Crippen LogP contribution in [0.5, 0.6) is 0 Å². The first kappa shape index (κ1) is 26.3. The monoisotopic (exact) mass is 486 g/mol. The summed E-state index contributed by atoms with van der Waals surface area (Å²) in [6, 6.07) is 0. The molecular weight excluding hydrogens is 444 g/mol. The van der Waals surface area contributed by atoms with Crippen LogP contribution in [-0.4, -0.2) is 44.6 Å². The van der Waals surface area contributed by atoms with Gasteiger partial charge in [0.05, 0.1) is 17.6 Å². The van der Waals surface area contributed by atoms with Gasteiger partial charge in [0.1, 0.15) is 0 Å². The third-order valence-electron chi connectivity index (χ3n) is 10.8. The van der Waals surface area contributed by atoms with Crippen LogP contribution in [-0.2, 0) is 14.4 Å². The number of hydrogen-bond donors (Lipinski definition) is 3. The quantitative estimate of drug-likeness (QED) is 0.477. The largest absolute Gasteiger partial charge is 0.481 e. The van der Waals surface area contributed by atoms with Crippen LogP contribution in [0.4, 0.5) is 0 Å². The molecule has 6 heteroatoms. The Morgan fingerprint density at radius 2 is 1.77 bits per heavy atom. The van der Waals surface area contributed by atoms with Crippen molar-refractivity contribution in [3.8, 4) is 0 Å². The summed E-state index contributed by atoms with van der Waals surface area (Å²) < 4.78 is 0. The van der Waals surface area contributed by atoms with Crippen LogP contribution in [0.2, 0.25) is 0 Å². The number of carbonyl (C=O) groups is 3. The molecule has 0 heterocycles. The maximum Gasteiger partial charge on any atom is 0.310 e. The van der Waals surface area contributed by atoms with Crippen molar-refractivity contribution in [3.05, 3.63) is 23.3 Å². The lowest BCUT2D eigenvalue weighted by Gasteiger charge is -2.57. The van der Waals surface area contributed by atoms with Crippen molar-refractivity contribution in [2.24, 2.45) is 40.4 Å². The van der Waals surface area contributed by atoms with E-state index < -0.39 is 34.9 Å². The molecule has 0 aromatic rings. The molecule has 0 amide bonds. The highest BCUT2D eigenvalue weighted by Gasteiger charge is 2.64. The molecule has 0 aliphatic heterocycles. The number of fused-ring (bicyclic) bond motifs is 4. The first-order valence-corrected chi connectivity index (χ1v) is 13.3. The zero-order valence-electron chi connectivity index (χ0n) is 21.9. The van der Waals surface area contributed by atoms with Gasteiger partial charge in [0.15, 0.2) is 11.6 Å². The van der Waals surface area contributed by atoms with Gasteiger partial charge in [-0.2, -0.15) is 0 Å². The second-order valence-corrected chi connectivity index (χ2v) is 12.7. The van der Waals surface area contributed by atoms with Crippen molar-refractivity contribution < 1.29 is 29.7 Å². The molecule has 4 aliphatic rings. The number of ketones is 2. The Labute approximate surface area is 208 Å². The Kier molecular flexibility index (Phi) is 6.50. The SMILES string of the molecule is C=C(CC[C@@H](C)[C@H]1CC[C@H]2C3=C(C(=O)C[C@]12C)[C@@]1(C)CC[C@H](O)[C@](C)(O)C1CC3=O)C(C)C(=O)O. The average Bonchev–Trinajstić information content (AvgIpc) is 3.12. The molecule has 194 valence electrons. The zero-order valence-corrected chi connectivity index (χ0v) is 21.9. The minimum atomic E-state index is -1.40. The summed E-state index contributed by atoms with van der Waals surface area (Å²) in [6.07, 6.45) is 3.97. The molecule has 2 fully saturated rings. The van der Waals surface area contributed by atoms with Gasteiger partial charge in [-0.15, -0.1) is 0 Å². The van der Waals surface area contributed by atoms with Crippen LogP contribution in [0.1, 0.15) is 86.0 Å². The summed E-state index contributed by atoms with van der Waals surface area (Å²) in [6.45, 7) is 13.6. The van der Waals surface area contributed by atoms with E-state index in [2.05, 4.69) is 20.4 Å². The molecule has 0 saturated heterocycles. The number of rotatable bonds is 6. The van der Waals surface area contributed by atoms with Gasteiger partial charge in [-0.25, -0.2) is 0 Å². The van der Waals surface area contributed by atoms with Gasteiger partial charge in [-0.3, -0.25) is 14.4 Å². The summed E-state index contributed by atoms with van der Waals surface area (Å²) in [5.41, 5.74) is -0.214. The Hall–Kier alpha value is -1.79. The average molecular weight is 487 g/mol. The highest BCUT2D eigenvalue weighted by molar-refractivity contribution is 6.11. The van der Waals surface area contributed by atoms with Crippen LogP contribution in [0, 0.1) is 40.4 Å². The fraction of sp³-hybridized carbons (Fsp3) is 0.759. The molecule has 9 atom stereocenters. The van der Waals surface area contributed by atoms with E-state index in [9.17, 15) is 29.7 Å². The van der Waals surface area contributed by atoms with Crippen LogP contribution in [0.15, 0.2) is 23.3 Å². The van der Waals surface area contributed by atoms with Crippen LogP contribution in [0.3, 0.4) is 0 Å². The van der Waals surface area contributed by atoms with E-state index >= 15 is 0 Å². The van der Waals surface area contributed by atoms with Crippen molar-refractivity contribution in [2.45, 2.75) is 97.7 Å². The Balaban J connectivity index is 1.63. The van der Waals surface area contributed by atoms with Gasteiger partial charge in [0.25, 0.3) is 0 Å². The Morgan fingerprint density at radius 1 is 1.11 bits per heavy atom. The second kappa shape index (κ2) is 8.65. The van der Waals surface area contributed by atoms with Crippen molar-refractivity contribution in [1.29, 1.82) is 0 Å². The van der Waals surface area contributed by atoms with Gasteiger partial charge < -0.3 is 15.3 Å². The van der Waals surface area contributed by atoms with Gasteiger partial charge in [0.2, 0.25) is 0 Å². The van der Waals surface area contributed by atoms with E-state index in [0.29, 0.717) is 36.8 Å². The third kappa shape index (κ3) is 3.87. The number of carbonyl (C=O) groups excluding carboxylic acids is 2. The van der Waals surface area contributed by atoms with Crippen LogP contribution < -0.4 is 0 Å². The molecule has 0 bridgehead atoms. The minimum Gasteiger partial charge on any atom is -0.481 e. The molecule has 4 rings (SSSR count). The van der Waals surface area contributed by atoms with Gasteiger partial charge in [-0.05, 0) is 75.5 Å². The number of carboxylic acid groups (broad SMARTS) is 1. The molecule has 35 heavy (non-hydrogen) atoms. The summed E-state index contributed by atoms with van der Waals surface area (Å²) in [5.74, 6) is -1.30. The Bertz CT molecular complexity index is 991. The molecule has 3 N–H and O–H groups in total. The predicted molar refractivity (Wildman–Crippen MR) is 132 cm³/mol. The maximum absolute atomic E-state index is 13.8. The number of allylic oxidation sites excluding steroid dienone is 2. The number of aliphatic carboxylic acids is 1. The lowest BCUT2D eigenvalue weighted by Crippen LogP contribution is -2.61. The van der Waals surface area contributed by atoms with Gasteiger partial charge in [0, 0.05) is 35.3 Å².